The molecule has 0 N–H and O–H groups in total. The molecule has 0 radical (unpaired) electrons. The molecule has 0 amide bonds. The number of hydrogen-bond acceptors (Lipinski definition) is 2. The van der Waals surface area contributed by atoms with Crippen LogP contribution in [0, 0.1) is 11.3 Å². The summed E-state index contributed by atoms with van der Waals surface area (Å²) in [6.45, 7) is 7.57. The molecule has 2 saturated carbocycles. The van der Waals surface area contributed by atoms with E-state index in [0.717, 1.165) is 18.4 Å². The summed E-state index contributed by atoms with van der Waals surface area (Å²) in [6.07, 6.45) is 13.4. The highest BCUT2D eigenvalue weighted by atomic mass is 16.5. The fourth-order valence-corrected chi connectivity index (χ4v) is 3.23. The quantitative estimate of drug-likeness (QED) is 0.547. The summed E-state index contributed by atoms with van der Waals surface area (Å²) in [7, 11) is 0. The summed E-state index contributed by atoms with van der Waals surface area (Å²) in [5.74, 6) is 0.114. The normalized spacial score (nSPS) is 23.8. The third kappa shape index (κ3) is 2.99. The van der Waals surface area contributed by atoms with Crippen LogP contribution in [0.5, 0.6) is 0 Å². The van der Waals surface area contributed by atoms with E-state index in [2.05, 4.69) is 6.58 Å². The maximum Gasteiger partial charge on any atom is 0.309 e. The fourth-order valence-electron chi connectivity index (χ4n) is 3.23. The Morgan fingerprint density at radius 3 is 2.58 bits per heavy atom. The molecule has 2 aliphatic rings. The van der Waals surface area contributed by atoms with E-state index in [1.807, 2.05) is 32.1 Å². The average Bonchev–Trinajstić information content (AvgIpc) is 2.24. The number of carbonyl (C=O) groups excluding carboxylic acids is 1. The summed E-state index contributed by atoms with van der Waals surface area (Å²) in [4.78, 5) is 12.1. The molecule has 2 nitrogen and oxygen atoms in total. The number of ether oxygens (including phenoxy) is 1. The maximum absolute atomic E-state index is 12.1. The third-order valence-electron chi connectivity index (χ3n) is 4.54. The lowest BCUT2D eigenvalue weighted by Gasteiger charge is -2.53. The van der Waals surface area contributed by atoms with Crippen molar-refractivity contribution in [1.29, 1.82) is 0 Å². The molecule has 0 aromatic carbocycles. The SMILES string of the molecule is C=C/C=C(\C=C/C)C(C)OC(=O)C1CC2(CCC2)C1. The Morgan fingerprint density at radius 2 is 2.11 bits per heavy atom. The van der Waals surface area contributed by atoms with E-state index in [-0.39, 0.29) is 18.0 Å². The monoisotopic (exact) mass is 260 g/mol. The van der Waals surface area contributed by atoms with Gasteiger partial charge in [0.25, 0.3) is 0 Å². The molecule has 2 rings (SSSR count). The first-order chi connectivity index (χ1) is 9.10. The molecule has 0 saturated heterocycles. The van der Waals surface area contributed by atoms with E-state index < -0.39 is 0 Å². The predicted molar refractivity (Wildman–Crippen MR) is 77.7 cm³/mol. The molecule has 2 fully saturated rings. The highest BCUT2D eigenvalue weighted by Gasteiger charge is 2.51. The van der Waals surface area contributed by atoms with Gasteiger partial charge in [-0.25, -0.2) is 0 Å². The van der Waals surface area contributed by atoms with Crippen molar-refractivity contribution in [2.45, 2.75) is 52.1 Å². The zero-order valence-electron chi connectivity index (χ0n) is 12.0. The van der Waals surface area contributed by atoms with E-state index in [1.165, 1.54) is 19.3 Å². The second-order valence-electron chi connectivity index (χ2n) is 5.94. The fraction of sp³-hybridized carbons (Fsp3) is 0.588. The van der Waals surface area contributed by atoms with Gasteiger partial charge in [0.1, 0.15) is 6.10 Å². The standard InChI is InChI=1S/C17H24O2/c1-4-7-14(8-5-2)13(3)19-16(18)15-11-17(12-15)9-6-10-17/h4-5,7-8,13,15H,1,6,9-12H2,2-3H3/b8-5-,14-7+. The number of rotatable bonds is 5. The van der Waals surface area contributed by atoms with E-state index in [9.17, 15) is 4.79 Å². The lowest BCUT2D eigenvalue weighted by atomic mass is 9.52. The van der Waals surface area contributed by atoms with E-state index in [4.69, 9.17) is 4.74 Å². The lowest BCUT2D eigenvalue weighted by molar-refractivity contribution is -0.164. The van der Waals surface area contributed by atoms with Crippen LogP contribution in [0.4, 0.5) is 0 Å². The molecule has 104 valence electrons. The van der Waals surface area contributed by atoms with Gasteiger partial charge in [-0.3, -0.25) is 4.79 Å². The number of esters is 1. The molecule has 2 heteroatoms. The topological polar surface area (TPSA) is 26.3 Å². The second-order valence-corrected chi connectivity index (χ2v) is 5.94. The smallest absolute Gasteiger partial charge is 0.309 e. The van der Waals surface area contributed by atoms with Crippen LogP contribution in [0.2, 0.25) is 0 Å². The first kappa shape index (κ1) is 14.1. The van der Waals surface area contributed by atoms with Crippen LogP contribution in [-0.2, 0) is 9.53 Å². The van der Waals surface area contributed by atoms with Crippen LogP contribution in [0.1, 0.15) is 46.0 Å². The highest BCUT2D eigenvalue weighted by Crippen LogP contribution is 2.58. The van der Waals surface area contributed by atoms with Crippen LogP contribution >= 0.6 is 0 Å². The van der Waals surface area contributed by atoms with Gasteiger partial charge >= 0.3 is 5.97 Å². The summed E-state index contributed by atoms with van der Waals surface area (Å²) >= 11 is 0. The summed E-state index contributed by atoms with van der Waals surface area (Å²) < 4.78 is 5.58. The van der Waals surface area contributed by atoms with Gasteiger partial charge < -0.3 is 4.74 Å². The molecular weight excluding hydrogens is 236 g/mol. The van der Waals surface area contributed by atoms with Gasteiger partial charge in [0.2, 0.25) is 0 Å². The van der Waals surface area contributed by atoms with Crippen LogP contribution in [0.15, 0.2) is 36.5 Å². The van der Waals surface area contributed by atoms with Crippen molar-refractivity contribution in [3.8, 4) is 0 Å². The van der Waals surface area contributed by atoms with Crippen molar-refractivity contribution in [2.75, 3.05) is 0 Å². The number of carbonyl (C=O) groups is 1. The molecule has 1 atom stereocenters. The van der Waals surface area contributed by atoms with Gasteiger partial charge in [-0.2, -0.15) is 0 Å². The van der Waals surface area contributed by atoms with Gasteiger partial charge in [0, 0.05) is 0 Å². The maximum atomic E-state index is 12.1. The molecule has 0 bridgehead atoms. The Morgan fingerprint density at radius 1 is 1.42 bits per heavy atom. The van der Waals surface area contributed by atoms with Gasteiger partial charge in [-0.05, 0) is 50.5 Å². The van der Waals surface area contributed by atoms with Crippen LogP contribution < -0.4 is 0 Å². The van der Waals surface area contributed by atoms with Gasteiger partial charge in [0.15, 0.2) is 0 Å². The van der Waals surface area contributed by atoms with E-state index >= 15 is 0 Å². The molecular formula is C17H24O2. The van der Waals surface area contributed by atoms with Gasteiger partial charge in [-0.1, -0.05) is 37.3 Å². The van der Waals surface area contributed by atoms with E-state index in [0.29, 0.717) is 5.41 Å². The Balaban J connectivity index is 1.84. The third-order valence-corrected chi connectivity index (χ3v) is 4.54. The predicted octanol–water partition coefficient (Wildman–Crippen LogP) is 4.19. The lowest BCUT2D eigenvalue weighted by Crippen LogP contribution is -2.46. The Kier molecular flexibility index (Phi) is 4.28. The zero-order valence-corrected chi connectivity index (χ0v) is 12.0. The summed E-state index contributed by atoms with van der Waals surface area (Å²) in [6, 6.07) is 0. The van der Waals surface area contributed by atoms with Crippen LogP contribution in [0.25, 0.3) is 0 Å². The molecule has 0 aliphatic heterocycles. The van der Waals surface area contributed by atoms with E-state index in [1.54, 1.807) is 6.08 Å². The molecule has 1 unspecified atom stereocenters. The first-order valence-corrected chi connectivity index (χ1v) is 7.26. The Labute approximate surface area is 116 Å². The Bertz CT molecular complexity index is 405. The zero-order chi connectivity index (χ0) is 13.9. The van der Waals surface area contributed by atoms with Gasteiger partial charge in [-0.15, -0.1) is 0 Å². The van der Waals surface area contributed by atoms with Crippen molar-refractivity contribution in [3.05, 3.63) is 36.5 Å². The number of allylic oxidation sites excluding steroid dienone is 3. The average molecular weight is 260 g/mol. The first-order valence-electron chi connectivity index (χ1n) is 7.26. The summed E-state index contributed by atoms with van der Waals surface area (Å²) in [5.41, 5.74) is 1.51. The highest BCUT2D eigenvalue weighted by molar-refractivity contribution is 5.74. The molecule has 19 heavy (non-hydrogen) atoms. The van der Waals surface area contributed by atoms with Crippen LogP contribution in [-0.4, -0.2) is 12.1 Å². The minimum Gasteiger partial charge on any atom is -0.458 e. The van der Waals surface area contributed by atoms with Crippen molar-refractivity contribution in [1.82, 2.24) is 0 Å². The molecule has 2 aliphatic carbocycles. The van der Waals surface area contributed by atoms with Gasteiger partial charge in [0.05, 0.1) is 5.92 Å². The van der Waals surface area contributed by atoms with Crippen LogP contribution in [0.3, 0.4) is 0 Å². The molecule has 0 aromatic rings. The molecule has 1 spiro atoms. The van der Waals surface area contributed by atoms with Crippen molar-refractivity contribution < 1.29 is 9.53 Å². The Hall–Kier alpha value is -1.31. The van der Waals surface area contributed by atoms with Crippen molar-refractivity contribution in [3.63, 3.8) is 0 Å². The number of hydrogen-bond donors (Lipinski definition) is 0. The van der Waals surface area contributed by atoms with Crippen molar-refractivity contribution in [2.24, 2.45) is 11.3 Å². The minimum absolute atomic E-state index is 0.0236. The van der Waals surface area contributed by atoms with Crippen molar-refractivity contribution >= 4 is 5.97 Å². The molecule has 0 heterocycles. The largest absolute Gasteiger partial charge is 0.458 e. The second kappa shape index (κ2) is 5.77. The summed E-state index contributed by atoms with van der Waals surface area (Å²) in [5, 5.41) is 0. The molecule has 0 aromatic heterocycles. The minimum atomic E-state index is -0.195.